The first-order valence-corrected chi connectivity index (χ1v) is 6.38. The number of amides is 1. The summed E-state index contributed by atoms with van der Waals surface area (Å²) in [6, 6.07) is 0.629. The molecule has 1 saturated heterocycles. The molecular weight excluding hydrogens is 287 g/mol. The lowest BCUT2D eigenvalue weighted by atomic mass is 10.00. The van der Waals surface area contributed by atoms with E-state index >= 15 is 0 Å². The summed E-state index contributed by atoms with van der Waals surface area (Å²) >= 11 is 0. The van der Waals surface area contributed by atoms with Gasteiger partial charge >= 0.3 is 0 Å². The van der Waals surface area contributed by atoms with Crippen molar-refractivity contribution in [1.29, 1.82) is 0 Å². The number of nitrogens with zero attached hydrogens (tertiary/aromatic N) is 2. The predicted octanol–water partition coefficient (Wildman–Crippen LogP) is 1.84. The van der Waals surface area contributed by atoms with Gasteiger partial charge in [-0.3, -0.25) is 4.79 Å². The summed E-state index contributed by atoms with van der Waals surface area (Å²) in [6.07, 6.45) is 1.94. The third-order valence-electron chi connectivity index (χ3n) is 3.45. The number of halogens is 3. The second kappa shape index (κ2) is 6.02. The fourth-order valence-electron chi connectivity index (χ4n) is 2.39. The second-order valence-electron chi connectivity index (χ2n) is 4.79. The lowest BCUT2D eigenvalue weighted by molar-refractivity contribution is 0.0675. The van der Waals surface area contributed by atoms with E-state index in [-0.39, 0.29) is 11.4 Å². The zero-order valence-corrected chi connectivity index (χ0v) is 11.0. The number of likely N-dealkylation sites (tertiary alicyclic amines) is 1. The zero-order valence-electron chi connectivity index (χ0n) is 11.0. The molecule has 21 heavy (non-hydrogen) atoms. The van der Waals surface area contributed by atoms with E-state index in [2.05, 4.69) is 5.16 Å². The molecule has 0 aromatic heterocycles. The largest absolute Gasteiger partial charge is 0.409 e. The van der Waals surface area contributed by atoms with E-state index in [1.807, 2.05) is 0 Å². The van der Waals surface area contributed by atoms with Crippen LogP contribution in [0.1, 0.15) is 29.6 Å². The summed E-state index contributed by atoms with van der Waals surface area (Å²) in [5, 5.41) is 11.6. The Balaban J connectivity index is 2.33. The Morgan fingerprint density at radius 3 is 2.48 bits per heavy atom. The van der Waals surface area contributed by atoms with Gasteiger partial charge in [-0.25, -0.2) is 13.2 Å². The predicted molar refractivity (Wildman–Crippen MR) is 68.4 cm³/mol. The Morgan fingerprint density at radius 1 is 1.29 bits per heavy atom. The number of rotatable bonds is 2. The molecule has 5 nitrogen and oxygen atoms in total. The number of hydrogen-bond acceptors (Lipinski definition) is 3. The van der Waals surface area contributed by atoms with Crippen molar-refractivity contribution in [3.8, 4) is 0 Å². The quantitative estimate of drug-likeness (QED) is 0.288. The molecule has 1 atom stereocenters. The number of oxime groups is 1. The standard InChI is InChI=1S/C13H14F3N3O2/c14-8-5-7(6-9(15)11(8)16)13(20)19-4-2-1-3-10(19)12(17)18-21/h5-6,10,21H,1-4H2,(H2,17,18). The molecule has 0 spiro atoms. The van der Waals surface area contributed by atoms with Gasteiger partial charge in [-0.05, 0) is 31.4 Å². The molecule has 114 valence electrons. The Kier molecular flexibility index (Phi) is 4.35. The Bertz CT molecular complexity index is 569. The first-order chi connectivity index (χ1) is 9.95. The molecule has 0 radical (unpaired) electrons. The van der Waals surface area contributed by atoms with Crippen molar-refractivity contribution in [1.82, 2.24) is 4.90 Å². The number of amidine groups is 1. The van der Waals surface area contributed by atoms with Crippen LogP contribution in [-0.4, -0.2) is 34.4 Å². The number of hydrogen-bond donors (Lipinski definition) is 2. The number of carbonyl (C=O) groups excluding carboxylic acids is 1. The maximum Gasteiger partial charge on any atom is 0.254 e. The van der Waals surface area contributed by atoms with Crippen LogP contribution in [0.2, 0.25) is 0 Å². The van der Waals surface area contributed by atoms with Crippen LogP contribution in [0, 0.1) is 17.5 Å². The molecule has 1 fully saturated rings. The highest BCUT2D eigenvalue weighted by Crippen LogP contribution is 2.22. The van der Waals surface area contributed by atoms with Gasteiger partial charge in [-0.15, -0.1) is 0 Å². The van der Waals surface area contributed by atoms with Gasteiger partial charge in [0.15, 0.2) is 23.3 Å². The zero-order chi connectivity index (χ0) is 15.6. The third-order valence-corrected chi connectivity index (χ3v) is 3.45. The van der Waals surface area contributed by atoms with Crippen LogP contribution in [0.15, 0.2) is 17.3 Å². The molecule has 1 aliphatic heterocycles. The monoisotopic (exact) mass is 301 g/mol. The van der Waals surface area contributed by atoms with Gasteiger partial charge in [0, 0.05) is 12.1 Å². The molecule has 3 N–H and O–H groups in total. The van der Waals surface area contributed by atoms with Crippen LogP contribution >= 0.6 is 0 Å². The Hall–Kier alpha value is -2.25. The van der Waals surface area contributed by atoms with Crippen molar-refractivity contribution in [2.45, 2.75) is 25.3 Å². The van der Waals surface area contributed by atoms with Crippen molar-refractivity contribution in [2.75, 3.05) is 6.54 Å². The van der Waals surface area contributed by atoms with E-state index in [9.17, 15) is 18.0 Å². The lowest BCUT2D eigenvalue weighted by Crippen LogP contribution is -2.50. The van der Waals surface area contributed by atoms with E-state index in [0.29, 0.717) is 31.5 Å². The van der Waals surface area contributed by atoms with Gasteiger partial charge < -0.3 is 15.8 Å². The highest BCUT2D eigenvalue weighted by molar-refractivity contribution is 5.98. The molecule has 0 saturated carbocycles. The fraction of sp³-hybridized carbons (Fsp3) is 0.385. The summed E-state index contributed by atoms with van der Waals surface area (Å²) in [4.78, 5) is 13.6. The van der Waals surface area contributed by atoms with E-state index < -0.39 is 29.4 Å². The van der Waals surface area contributed by atoms with Crippen molar-refractivity contribution >= 4 is 11.7 Å². The summed E-state index contributed by atoms with van der Waals surface area (Å²) in [5.41, 5.74) is 5.22. The molecule has 1 heterocycles. The van der Waals surface area contributed by atoms with Gasteiger partial charge in [-0.2, -0.15) is 0 Å². The first-order valence-electron chi connectivity index (χ1n) is 6.38. The fourth-order valence-corrected chi connectivity index (χ4v) is 2.39. The normalized spacial score (nSPS) is 19.7. The highest BCUT2D eigenvalue weighted by Gasteiger charge is 2.31. The van der Waals surface area contributed by atoms with Crippen molar-refractivity contribution in [2.24, 2.45) is 10.9 Å². The van der Waals surface area contributed by atoms with Crippen LogP contribution < -0.4 is 5.73 Å². The van der Waals surface area contributed by atoms with E-state index in [1.165, 1.54) is 4.90 Å². The Morgan fingerprint density at radius 2 is 1.90 bits per heavy atom. The topological polar surface area (TPSA) is 78.9 Å². The van der Waals surface area contributed by atoms with Crippen LogP contribution in [0.5, 0.6) is 0 Å². The molecule has 8 heteroatoms. The summed E-state index contributed by atoms with van der Waals surface area (Å²) in [5.74, 6) is -5.33. The minimum Gasteiger partial charge on any atom is -0.409 e. The molecule has 1 aromatic carbocycles. The van der Waals surface area contributed by atoms with Crippen LogP contribution in [0.25, 0.3) is 0 Å². The number of nitrogens with two attached hydrogens (primary N) is 1. The van der Waals surface area contributed by atoms with Crippen molar-refractivity contribution in [3.05, 3.63) is 35.1 Å². The third kappa shape index (κ3) is 2.93. The SMILES string of the molecule is NC(=NO)C1CCCCN1C(=O)c1cc(F)c(F)c(F)c1. The van der Waals surface area contributed by atoms with Gasteiger partial charge in [0.2, 0.25) is 0 Å². The molecule has 0 bridgehead atoms. The Labute approximate surface area is 118 Å². The van der Waals surface area contributed by atoms with Gasteiger partial charge in [0.1, 0.15) is 0 Å². The van der Waals surface area contributed by atoms with Crippen LogP contribution in [0.3, 0.4) is 0 Å². The maximum atomic E-state index is 13.2. The highest BCUT2D eigenvalue weighted by atomic mass is 19.2. The number of carbonyl (C=O) groups is 1. The minimum absolute atomic E-state index is 0.147. The second-order valence-corrected chi connectivity index (χ2v) is 4.79. The average Bonchev–Trinajstić information content (AvgIpc) is 2.50. The summed E-state index contributed by atoms with van der Waals surface area (Å²) in [6.45, 7) is 0.306. The molecule has 1 aromatic rings. The van der Waals surface area contributed by atoms with Gasteiger partial charge in [0.25, 0.3) is 5.91 Å². The average molecular weight is 301 g/mol. The summed E-state index contributed by atoms with van der Waals surface area (Å²) in [7, 11) is 0. The maximum absolute atomic E-state index is 13.2. The van der Waals surface area contributed by atoms with Gasteiger partial charge in [-0.1, -0.05) is 5.16 Å². The molecule has 1 aliphatic rings. The number of piperidine rings is 1. The molecule has 1 unspecified atom stereocenters. The minimum atomic E-state index is -1.63. The van der Waals surface area contributed by atoms with E-state index in [1.54, 1.807) is 0 Å². The van der Waals surface area contributed by atoms with Crippen molar-refractivity contribution < 1.29 is 23.2 Å². The molecule has 2 rings (SSSR count). The van der Waals surface area contributed by atoms with Crippen molar-refractivity contribution in [3.63, 3.8) is 0 Å². The van der Waals surface area contributed by atoms with Gasteiger partial charge in [0.05, 0.1) is 6.04 Å². The molecular formula is C13H14F3N3O2. The van der Waals surface area contributed by atoms with Crippen LogP contribution in [-0.2, 0) is 0 Å². The van der Waals surface area contributed by atoms with E-state index in [4.69, 9.17) is 10.9 Å². The molecule has 1 amide bonds. The number of benzene rings is 1. The van der Waals surface area contributed by atoms with E-state index in [0.717, 1.165) is 6.42 Å². The van der Waals surface area contributed by atoms with Crippen LogP contribution in [0.4, 0.5) is 13.2 Å². The smallest absolute Gasteiger partial charge is 0.254 e. The molecule has 0 aliphatic carbocycles. The first kappa shape index (κ1) is 15.1. The summed E-state index contributed by atoms with van der Waals surface area (Å²) < 4.78 is 39.4. The lowest BCUT2D eigenvalue weighted by Gasteiger charge is -2.34.